The molecule has 1 aliphatic rings. The monoisotopic (exact) mass is 234 g/mol. The Balaban J connectivity index is 2.07. The fourth-order valence-electron chi connectivity index (χ4n) is 2.18. The number of hydrogen-bond acceptors (Lipinski definition) is 2. The minimum absolute atomic E-state index is 0.125. The smallest absolute Gasteiger partial charge is 0.120 e. The Morgan fingerprint density at radius 1 is 1.35 bits per heavy atom. The van der Waals surface area contributed by atoms with Crippen LogP contribution < -0.4 is 4.74 Å². The summed E-state index contributed by atoms with van der Waals surface area (Å²) in [5.41, 5.74) is 1.16. The lowest BCUT2D eigenvalue weighted by atomic mass is 9.66. The van der Waals surface area contributed by atoms with E-state index < -0.39 is 0 Å². The fourth-order valence-corrected chi connectivity index (χ4v) is 2.18. The third-order valence-electron chi connectivity index (χ3n) is 3.93. The summed E-state index contributed by atoms with van der Waals surface area (Å²) in [5.74, 6) is 1.43. The maximum Gasteiger partial charge on any atom is 0.120 e. The zero-order valence-corrected chi connectivity index (χ0v) is 11.1. The SMILES string of the molecule is CC(C)c1cccc(OC2CC(O)C2(C)C)c1. The largest absolute Gasteiger partial charge is 0.490 e. The first-order chi connectivity index (χ1) is 7.91. The van der Waals surface area contributed by atoms with Crippen molar-refractivity contribution >= 4 is 0 Å². The Bertz CT molecular complexity index is 396. The standard InChI is InChI=1S/C15H22O2/c1-10(2)11-6-5-7-12(8-11)17-14-9-13(16)15(14,3)4/h5-8,10,13-14,16H,9H2,1-4H3. The zero-order valence-electron chi connectivity index (χ0n) is 11.1. The number of hydrogen-bond donors (Lipinski definition) is 1. The Morgan fingerprint density at radius 2 is 2.06 bits per heavy atom. The van der Waals surface area contributed by atoms with Gasteiger partial charge < -0.3 is 9.84 Å². The second kappa shape index (κ2) is 4.34. The van der Waals surface area contributed by atoms with Crippen LogP contribution in [0.4, 0.5) is 0 Å². The van der Waals surface area contributed by atoms with Gasteiger partial charge in [0.25, 0.3) is 0 Å². The Kier molecular flexibility index (Phi) is 3.17. The molecule has 0 amide bonds. The molecule has 1 aliphatic carbocycles. The Labute approximate surface area is 104 Å². The lowest BCUT2D eigenvalue weighted by Gasteiger charge is -2.48. The summed E-state index contributed by atoms with van der Waals surface area (Å²) in [7, 11) is 0. The van der Waals surface area contributed by atoms with Gasteiger partial charge in [0.15, 0.2) is 0 Å². The molecule has 2 atom stereocenters. The molecule has 0 aliphatic heterocycles. The summed E-state index contributed by atoms with van der Waals surface area (Å²) in [6, 6.07) is 8.25. The van der Waals surface area contributed by atoms with Gasteiger partial charge in [-0.15, -0.1) is 0 Å². The van der Waals surface area contributed by atoms with Crippen molar-refractivity contribution in [3.8, 4) is 5.75 Å². The van der Waals surface area contributed by atoms with Crippen molar-refractivity contribution in [2.75, 3.05) is 0 Å². The molecule has 1 aromatic carbocycles. The average molecular weight is 234 g/mol. The molecule has 0 radical (unpaired) electrons. The maximum atomic E-state index is 9.69. The second-order valence-electron chi connectivity index (χ2n) is 5.91. The molecule has 0 heterocycles. The number of ether oxygens (including phenoxy) is 1. The molecule has 0 bridgehead atoms. The fraction of sp³-hybridized carbons (Fsp3) is 0.600. The lowest BCUT2D eigenvalue weighted by molar-refractivity contribution is -0.134. The maximum absolute atomic E-state index is 9.69. The van der Waals surface area contributed by atoms with Gasteiger partial charge in [-0.2, -0.15) is 0 Å². The molecule has 2 heteroatoms. The van der Waals surface area contributed by atoms with Crippen LogP contribution in [0.3, 0.4) is 0 Å². The minimum Gasteiger partial charge on any atom is -0.490 e. The minimum atomic E-state index is -0.235. The lowest BCUT2D eigenvalue weighted by Crippen LogP contribution is -2.56. The van der Waals surface area contributed by atoms with Gasteiger partial charge in [-0.05, 0) is 23.6 Å². The molecule has 2 rings (SSSR count). The van der Waals surface area contributed by atoms with Crippen LogP contribution in [0.1, 0.15) is 45.6 Å². The third-order valence-corrected chi connectivity index (χ3v) is 3.93. The molecule has 0 saturated heterocycles. The van der Waals surface area contributed by atoms with Crippen LogP contribution in [0, 0.1) is 5.41 Å². The first-order valence-corrected chi connectivity index (χ1v) is 6.36. The molecule has 1 fully saturated rings. The number of rotatable bonds is 3. The van der Waals surface area contributed by atoms with Crippen LogP contribution in [0.15, 0.2) is 24.3 Å². The van der Waals surface area contributed by atoms with Gasteiger partial charge in [-0.1, -0.05) is 39.8 Å². The van der Waals surface area contributed by atoms with Crippen LogP contribution in [-0.2, 0) is 0 Å². The molecule has 2 unspecified atom stereocenters. The van der Waals surface area contributed by atoms with Gasteiger partial charge >= 0.3 is 0 Å². The highest BCUT2D eigenvalue weighted by molar-refractivity contribution is 5.31. The Hall–Kier alpha value is -1.02. The van der Waals surface area contributed by atoms with E-state index in [1.807, 2.05) is 12.1 Å². The first-order valence-electron chi connectivity index (χ1n) is 6.36. The highest BCUT2D eigenvalue weighted by Gasteiger charge is 2.49. The van der Waals surface area contributed by atoms with E-state index in [9.17, 15) is 5.11 Å². The molecule has 17 heavy (non-hydrogen) atoms. The first kappa shape index (κ1) is 12.4. The molecule has 1 saturated carbocycles. The summed E-state index contributed by atoms with van der Waals surface area (Å²) < 4.78 is 5.97. The summed E-state index contributed by atoms with van der Waals surface area (Å²) in [6.45, 7) is 8.46. The van der Waals surface area contributed by atoms with Gasteiger partial charge in [-0.3, -0.25) is 0 Å². The molecular formula is C15H22O2. The van der Waals surface area contributed by atoms with Gasteiger partial charge in [0.1, 0.15) is 11.9 Å². The topological polar surface area (TPSA) is 29.5 Å². The predicted octanol–water partition coefficient (Wildman–Crippen LogP) is 3.35. The van der Waals surface area contributed by atoms with Gasteiger partial charge in [0.2, 0.25) is 0 Å². The molecule has 1 aromatic rings. The van der Waals surface area contributed by atoms with Gasteiger partial charge in [0.05, 0.1) is 6.10 Å². The van der Waals surface area contributed by atoms with Crippen molar-refractivity contribution in [3.05, 3.63) is 29.8 Å². The van der Waals surface area contributed by atoms with E-state index in [0.29, 0.717) is 5.92 Å². The summed E-state index contributed by atoms with van der Waals surface area (Å²) in [5, 5.41) is 9.69. The Morgan fingerprint density at radius 3 is 2.59 bits per heavy atom. The molecule has 0 spiro atoms. The van der Waals surface area contributed by atoms with Crippen molar-refractivity contribution in [1.82, 2.24) is 0 Å². The molecule has 94 valence electrons. The van der Waals surface area contributed by atoms with Gasteiger partial charge in [0, 0.05) is 11.8 Å². The van der Waals surface area contributed by atoms with E-state index in [-0.39, 0.29) is 17.6 Å². The third kappa shape index (κ3) is 2.32. The molecule has 1 N–H and O–H groups in total. The van der Waals surface area contributed by atoms with E-state index in [2.05, 4.69) is 39.8 Å². The number of aliphatic hydroxyl groups is 1. The number of aliphatic hydroxyl groups excluding tert-OH is 1. The van der Waals surface area contributed by atoms with Crippen molar-refractivity contribution in [2.24, 2.45) is 5.41 Å². The van der Waals surface area contributed by atoms with Crippen molar-refractivity contribution in [3.63, 3.8) is 0 Å². The van der Waals surface area contributed by atoms with Crippen molar-refractivity contribution in [2.45, 2.75) is 52.2 Å². The normalized spacial score (nSPS) is 26.7. The molecular weight excluding hydrogens is 212 g/mol. The van der Waals surface area contributed by atoms with Crippen LogP contribution in [0.5, 0.6) is 5.75 Å². The quantitative estimate of drug-likeness (QED) is 0.869. The average Bonchev–Trinajstić information content (AvgIpc) is 2.29. The summed E-state index contributed by atoms with van der Waals surface area (Å²) >= 11 is 0. The van der Waals surface area contributed by atoms with Crippen molar-refractivity contribution in [1.29, 1.82) is 0 Å². The molecule has 0 aromatic heterocycles. The van der Waals surface area contributed by atoms with Crippen molar-refractivity contribution < 1.29 is 9.84 Å². The van der Waals surface area contributed by atoms with E-state index in [4.69, 9.17) is 4.74 Å². The van der Waals surface area contributed by atoms with E-state index >= 15 is 0 Å². The van der Waals surface area contributed by atoms with E-state index in [0.717, 1.165) is 12.2 Å². The van der Waals surface area contributed by atoms with E-state index in [1.165, 1.54) is 5.56 Å². The van der Waals surface area contributed by atoms with Crippen LogP contribution in [0.25, 0.3) is 0 Å². The second-order valence-corrected chi connectivity index (χ2v) is 5.91. The zero-order chi connectivity index (χ0) is 12.6. The van der Waals surface area contributed by atoms with Gasteiger partial charge in [-0.25, -0.2) is 0 Å². The van der Waals surface area contributed by atoms with Crippen LogP contribution >= 0.6 is 0 Å². The van der Waals surface area contributed by atoms with E-state index in [1.54, 1.807) is 0 Å². The molecule has 2 nitrogen and oxygen atoms in total. The van der Waals surface area contributed by atoms with Crippen LogP contribution in [-0.4, -0.2) is 17.3 Å². The predicted molar refractivity (Wildman–Crippen MR) is 69.4 cm³/mol. The summed E-state index contributed by atoms with van der Waals surface area (Å²) in [6.07, 6.45) is 0.625. The number of benzene rings is 1. The highest BCUT2D eigenvalue weighted by atomic mass is 16.5. The highest BCUT2D eigenvalue weighted by Crippen LogP contribution is 2.43. The van der Waals surface area contributed by atoms with Crippen LogP contribution in [0.2, 0.25) is 0 Å². The summed E-state index contributed by atoms with van der Waals surface area (Å²) in [4.78, 5) is 0.